The van der Waals surface area contributed by atoms with Crippen molar-refractivity contribution >= 4 is 27.5 Å². The van der Waals surface area contributed by atoms with Gasteiger partial charge in [-0.3, -0.25) is 9.48 Å². The van der Waals surface area contributed by atoms with E-state index in [-0.39, 0.29) is 5.91 Å². The Morgan fingerprint density at radius 1 is 1.35 bits per heavy atom. The molecule has 0 aliphatic heterocycles. The van der Waals surface area contributed by atoms with Crippen LogP contribution in [-0.2, 0) is 7.05 Å². The van der Waals surface area contributed by atoms with Gasteiger partial charge in [-0.25, -0.2) is 0 Å². The lowest BCUT2D eigenvalue weighted by molar-refractivity contribution is 0.0778. The van der Waals surface area contributed by atoms with E-state index in [1.807, 2.05) is 55.1 Å². The second-order valence-corrected chi connectivity index (χ2v) is 6.46. The molecule has 0 fully saturated rings. The van der Waals surface area contributed by atoms with Gasteiger partial charge in [-0.1, -0.05) is 18.2 Å². The highest BCUT2D eigenvalue weighted by atomic mass is 32.1. The van der Waals surface area contributed by atoms with Gasteiger partial charge in [0.1, 0.15) is 17.2 Å². The molecule has 0 saturated carbocycles. The van der Waals surface area contributed by atoms with Crippen molar-refractivity contribution in [3.05, 3.63) is 47.0 Å². The van der Waals surface area contributed by atoms with E-state index in [0.29, 0.717) is 13.2 Å². The lowest BCUT2D eigenvalue weighted by atomic mass is 10.3. The van der Waals surface area contributed by atoms with Crippen molar-refractivity contribution in [2.75, 3.05) is 20.2 Å². The molecule has 6 heteroatoms. The maximum absolute atomic E-state index is 12.5. The first-order chi connectivity index (χ1) is 11.1. The summed E-state index contributed by atoms with van der Waals surface area (Å²) in [6.45, 7) is 2.97. The molecule has 1 amide bonds. The number of carbonyl (C=O) groups excluding carboxylic acids is 1. The first kappa shape index (κ1) is 15.6. The summed E-state index contributed by atoms with van der Waals surface area (Å²) in [6, 6.07) is 11.5. The molecule has 0 aliphatic rings. The smallest absolute Gasteiger partial charge is 0.263 e. The van der Waals surface area contributed by atoms with Crippen LogP contribution in [0.2, 0.25) is 0 Å². The van der Waals surface area contributed by atoms with Crippen LogP contribution < -0.4 is 4.74 Å². The van der Waals surface area contributed by atoms with E-state index in [4.69, 9.17) is 4.74 Å². The van der Waals surface area contributed by atoms with Crippen molar-refractivity contribution in [2.24, 2.45) is 7.05 Å². The predicted octanol–water partition coefficient (Wildman–Crippen LogP) is 3.09. The summed E-state index contributed by atoms with van der Waals surface area (Å²) >= 11 is 1.48. The number of amides is 1. The van der Waals surface area contributed by atoms with E-state index in [2.05, 4.69) is 5.10 Å². The molecule has 0 aliphatic carbocycles. The van der Waals surface area contributed by atoms with Crippen LogP contribution in [0.15, 0.2) is 36.4 Å². The Bertz CT molecular complexity index is 789. The first-order valence-corrected chi connectivity index (χ1v) is 8.24. The highest BCUT2D eigenvalue weighted by Crippen LogP contribution is 2.28. The number of hydrogen-bond donors (Lipinski definition) is 0. The minimum atomic E-state index is 0.0160. The number of para-hydroxylation sites is 1. The number of benzene rings is 1. The van der Waals surface area contributed by atoms with Crippen molar-refractivity contribution in [2.45, 2.75) is 6.92 Å². The molecular formula is C17H19N3O2S. The molecule has 23 heavy (non-hydrogen) atoms. The van der Waals surface area contributed by atoms with Gasteiger partial charge in [0.25, 0.3) is 5.91 Å². The second kappa shape index (κ2) is 6.42. The van der Waals surface area contributed by atoms with Crippen molar-refractivity contribution in [3.8, 4) is 5.75 Å². The van der Waals surface area contributed by atoms with Crippen molar-refractivity contribution in [1.82, 2.24) is 14.7 Å². The number of fused-ring (bicyclic) bond motifs is 1. The molecule has 120 valence electrons. The van der Waals surface area contributed by atoms with E-state index in [1.165, 1.54) is 11.3 Å². The minimum Gasteiger partial charge on any atom is -0.492 e. The third-order valence-electron chi connectivity index (χ3n) is 3.69. The van der Waals surface area contributed by atoms with Crippen LogP contribution in [0.3, 0.4) is 0 Å². The van der Waals surface area contributed by atoms with E-state index < -0.39 is 0 Å². The number of aromatic nitrogens is 2. The Hall–Kier alpha value is -2.34. The molecule has 2 aromatic heterocycles. The fourth-order valence-corrected chi connectivity index (χ4v) is 3.54. The van der Waals surface area contributed by atoms with Crippen LogP contribution in [0.1, 0.15) is 15.4 Å². The van der Waals surface area contributed by atoms with Gasteiger partial charge in [-0.05, 0) is 25.1 Å². The zero-order valence-electron chi connectivity index (χ0n) is 13.4. The molecule has 0 radical (unpaired) electrons. The Balaban J connectivity index is 1.63. The van der Waals surface area contributed by atoms with Crippen LogP contribution in [0.25, 0.3) is 10.2 Å². The Morgan fingerprint density at radius 2 is 2.09 bits per heavy atom. The molecule has 0 unspecified atom stereocenters. The number of hydrogen-bond acceptors (Lipinski definition) is 4. The SMILES string of the molecule is Cc1nn(C)c2sc(C(=O)N(C)CCOc3ccccc3)cc12. The minimum absolute atomic E-state index is 0.0160. The Labute approximate surface area is 139 Å². The average molecular weight is 329 g/mol. The van der Waals surface area contributed by atoms with Gasteiger partial charge in [0.05, 0.1) is 17.1 Å². The fourth-order valence-electron chi connectivity index (χ4n) is 2.42. The molecule has 0 atom stereocenters. The molecule has 2 heterocycles. The van der Waals surface area contributed by atoms with Crippen molar-refractivity contribution in [3.63, 3.8) is 0 Å². The van der Waals surface area contributed by atoms with Crippen LogP contribution in [0.4, 0.5) is 0 Å². The van der Waals surface area contributed by atoms with Crippen molar-refractivity contribution in [1.29, 1.82) is 0 Å². The Morgan fingerprint density at radius 3 is 2.78 bits per heavy atom. The summed E-state index contributed by atoms with van der Waals surface area (Å²) in [5, 5.41) is 5.41. The number of likely N-dealkylation sites (N-methyl/N-ethyl adjacent to an activating group) is 1. The molecule has 3 rings (SSSR count). The summed E-state index contributed by atoms with van der Waals surface area (Å²) in [6.07, 6.45) is 0. The molecule has 3 aromatic rings. The van der Waals surface area contributed by atoms with E-state index >= 15 is 0 Å². The number of rotatable bonds is 5. The zero-order valence-corrected chi connectivity index (χ0v) is 14.3. The number of thiophene rings is 1. The first-order valence-electron chi connectivity index (χ1n) is 7.42. The van der Waals surface area contributed by atoms with Crippen LogP contribution in [-0.4, -0.2) is 40.8 Å². The lowest BCUT2D eigenvalue weighted by Gasteiger charge is -2.16. The summed E-state index contributed by atoms with van der Waals surface area (Å²) in [7, 11) is 3.70. The number of ether oxygens (including phenoxy) is 1. The van der Waals surface area contributed by atoms with Crippen LogP contribution >= 0.6 is 11.3 Å². The van der Waals surface area contributed by atoms with Gasteiger partial charge in [0.2, 0.25) is 0 Å². The Kier molecular flexibility index (Phi) is 4.34. The molecule has 0 spiro atoms. The van der Waals surface area contributed by atoms with Gasteiger partial charge < -0.3 is 9.64 Å². The van der Waals surface area contributed by atoms with Gasteiger partial charge in [0, 0.05) is 19.5 Å². The molecular weight excluding hydrogens is 310 g/mol. The van der Waals surface area contributed by atoms with Crippen LogP contribution in [0.5, 0.6) is 5.75 Å². The predicted molar refractivity (Wildman–Crippen MR) is 92.2 cm³/mol. The molecule has 5 nitrogen and oxygen atoms in total. The maximum Gasteiger partial charge on any atom is 0.263 e. The highest BCUT2D eigenvalue weighted by molar-refractivity contribution is 7.20. The number of carbonyl (C=O) groups is 1. The summed E-state index contributed by atoms with van der Waals surface area (Å²) < 4.78 is 7.46. The largest absolute Gasteiger partial charge is 0.492 e. The molecule has 0 N–H and O–H groups in total. The standard InChI is InChI=1S/C17H19N3O2S/c1-12-14-11-15(23-17(14)20(3)18-12)16(21)19(2)9-10-22-13-7-5-4-6-8-13/h4-8,11H,9-10H2,1-3H3. The molecule has 1 aromatic carbocycles. The number of aryl methyl sites for hydroxylation is 2. The third kappa shape index (κ3) is 3.22. The topological polar surface area (TPSA) is 47.4 Å². The zero-order chi connectivity index (χ0) is 16.4. The third-order valence-corrected chi connectivity index (χ3v) is 4.88. The highest BCUT2D eigenvalue weighted by Gasteiger charge is 2.18. The van der Waals surface area contributed by atoms with Gasteiger partial charge in [-0.2, -0.15) is 5.10 Å². The lowest BCUT2D eigenvalue weighted by Crippen LogP contribution is -2.30. The molecule has 0 bridgehead atoms. The normalized spacial score (nSPS) is 10.9. The summed E-state index contributed by atoms with van der Waals surface area (Å²) in [5.74, 6) is 0.833. The fraction of sp³-hybridized carbons (Fsp3) is 0.294. The summed E-state index contributed by atoms with van der Waals surface area (Å²) in [5.41, 5.74) is 0.952. The van der Waals surface area contributed by atoms with Crippen molar-refractivity contribution < 1.29 is 9.53 Å². The van der Waals surface area contributed by atoms with E-state index in [1.54, 1.807) is 11.9 Å². The van der Waals surface area contributed by atoms with Gasteiger partial charge >= 0.3 is 0 Å². The van der Waals surface area contributed by atoms with Gasteiger partial charge in [0.15, 0.2) is 0 Å². The average Bonchev–Trinajstić information content (AvgIpc) is 3.10. The van der Waals surface area contributed by atoms with Crippen LogP contribution in [0, 0.1) is 6.92 Å². The van der Waals surface area contributed by atoms with Gasteiger partial charge in [-0.15, -0.1) is 11.3 Å². The number of nitrogens with zero attached hydrogens (tertiary/aromatic N) is 3. The second-order valence-electron chi connectivity index (χ2n) is 5.43. The maximum atomic E-state index is 12.5. The molecule has 0 saturated heterocycles. The van der Waals surface area contributed by atoms with E-state index in [9.17, 15) is 4.79 Å². The van der Waals surface area contributed by atoms with E-state index in [0.717, 1.165) is 26.5 Å². The quantitative estimate of drug-likeness (QED) is 0.723. The summed E-state index contributed by atoms with van der Waals surface area (Å²) in [4.78, 5) is 16.0. The monoisotopic (exact) mass is 329 g/mol.